The van der Waals surface area contributed by atoms with Gasteiger partial charge in [-0.2, -0.15) is 0 Å². The van der Waals surface area contributed by atoms with E-state index in [1.165, 1.54) is 18.3 Å². The molecule has 8 heteroatoms. The highest BCUT2D eigenvalue weighted by Gasteiger charge is 2.17. The minimum atomic E-state index is -1.10. The molecule has 2 rings (SSSR count). The van der Waals surface area contributed by atoms with Crippen LogP contribution in [0.5, 0.6) is 5.75 Å². The van der Waals surface area contributed by atoms with E-state index in [2.05, 4.69) is 15.3 Å². The maximum atomic E-state index is 12.5. The molecule has 0 saturated heterocycles. The summed E-state index contributed by atoms with van der Waals surface area (Å²) in [4.78, 5) is 31.5. The second-order valence-electron chi connectivity index (χ2n) is 5.65. The fraction of sp³-hybridized carbons (Fsp3) is 0.294. The second kappa shape index (κ2) is 7.94. The van der Waals surface area contributed by atoms with E-state index >= 15 is 0 Å². The number of hydrogen-bond donors (Lipinski definition) is 2. The van der Waals surface area contributed by atoms with Crippen LogP contribution in [-0.2, 0) is 4.79 Å². The number of nitrogens with zero attached hydrogens (tertiary/aromatic N) is 2. The Bertz CT molecular complexity index is 808. The largest absolute Gasteiger partial charge is 0.480 e. The highest BCUT2D eigenvalue weighted by molar-refractivity contribution is 6.32. The molecule has 0 bridgehead atoms. The highest BCUT2D eigenvalue weighted by atomic mass is 35.5. The number of rotatable bonds is 6. The molecule has 0 unspecified atom stereocenters. The van der Waals surface area contributed by atoms with Crippen molar-refractivity contribution in [2.75, 3.05) is 11.9 Å². The molecule has 0 spiro atoms. The maximum Gasteiger partial charge on any atom is 0.341 e. The third-order valence-electron chi connectivity index (χ3n) is 3.27. The van der Waals surface area contributed by atoms with E-state index in [0.29, 0.717) is 22.8 Å². The number of carbonyl (C=O) groups excluding carboxylic acids is 1. The molecule has 0 atom stereocenters. The number of carbonyl (C=O) groups is 2. The van der Waals surface area contributed by atoms with E-state index in [1.54, 1.807) is 13.0 Å². The van der Waals surface area contributed by atoms with Crippen molar-refractivity contribution in [3.63, 3.8) is 0 Å². The molecule has 0 saturated carbocycles. The van der Waals surface area contributed by atoms with Crippen LogP contribution in [0.4, 0.5) is 5.69 Å². The summed E-state index contributed by atoms with van der Waals surface area (Å²) in [6, 6.07) is 4.56. The summed E-state index contributed by atoms with van der Waals surface area (Å²) in [6.45, 7) is 5.17. The van der Waals surface area contributed by atoms with Crippen LogP contribution in [0.3, 0.4) is 0 Å². The zero-order valence-corrected chi connectivity index (χ0v) is 14.8. The van der Waals surface area contributed by atoms with Gasteiger partial charge in [-0.1, -0.05) is 25.4 Å². The van der Waals surface area contributed by atoms with Crippen LogP contribution < -0.4 is 10.1 Å². The Labute approximate surface area is 150 Å². The van der Waals surface area contributed by atoms with Crippen LogP contribution >= 0.6 is 11.6 Å². The van der Waals surface area contributed by atoms with Crippen molar-refractivity contribution in [2.45, 2.75) is 26.7 Å². The molecule has 2 aromatic rings. The number of benzene rings is 1. The van der Waals surface area contributed by atoms with Gasteiger partial charge in [-0.05, 0) is 31.0 Å². The van der Waals surface area contributed by atoms with Crippen molar-refractivity contribution in [2.24, 2.45) is 0 Å². The van der Waals surface area contributed by atoms with Gasteiger partial charge in [0.2, 0.25) is 0 Å². The topological polar surface area (TPSA) is 101 Å². The minimum Gasteiger partial charge on any atom is -0.480 e. The number of aliphatic carboxylic acids is 1. The predicted octanol–water partition coefficient (Wildman–Crippen LogP) is 3.28. The Kier molecular flexibility index (Phi) is 5.93. The monoisotopic (exact) mass is 363 g/mol. The smallest absolute Gasteiger partial charge is 0.341 e. The summed E-state index contributed by atoms with van der Waals surface area (Å²) in [5.41, 5.74) is 1.51. The van der Waals surface area contributed by atoms with Gasteiger partial charge < -0.3 is 15.2 Å². The van der Waals surface area contributed by atoms with E-state index in [0.717, 1.165) is 0 Å². The molecule has 7 nitrogen and oxygen atoms in total. The van der Waals surface area contributed by atoms with Crippen LogP contribution in [0.25, 0.3) is 0 Å². The number of amides is 1. The summed E-state index contributed by atoms with van der Waals surface area (Å²) in [5.74, 6) is -0.558. The Morgan fingerprint density at radius 3 is 2.68 bits per heavy atom. The third-order valence-corrected chi connectivity index (χ3v) is 3.57. The lowest BCUT2D eigenvalue weighted by Gasteiger charge is -2.13. The van der Waals surface area contributed by atoms with Crippen molar-refractivity contribution in [1.29, 1.82) is 0 Å². The lowest BCUT2D eigenvalue weighted by atomic mass is 10.0. The van der Waals surface area contributed by atoms with Crippen LogP contribution in [0, 0.1) is 6.92 Å². The molecule has 25 heavy (non-hydrogen) atoms. The number of hydrogen-bond acceptors (Lipinski definition) is 5. The number of ether oxygens (including phenoxy) is 1. The first kappa shape index (κ1) is 18.7. The quantitative estimate of drug-likeness (QED) is 0.816. The van der Waals surface area contributed by atoms with Crippen molar-refractivity contribution in [1.82, 2.24) is 9.97 Å². The van der Waals surface area contributed by atoms with Gasteiger partial charge in [-0.15, -0.1) is 0 Å². The van der Waals surface area contributed by atoms with Crippen molar-refractivity contribution in [3.05, 3.63) is 46.5 Å². The van der Waals surface area contributed by atoms with Gasteiger partial charge in [-0.25, -0.2) is 14.8 Å². The summed E-state index contributed by atoms with van der Waals surface area (Å²) < 4.78 is 5.04. The van der Waals surface area contributed by atoms with E-state index in [4.69, 9.17) is 21.4 Å². The molecular weight excluding hydrogens is 346 g/mol. The standard InChI is InChI=1S/C17H18ClN3O4/c1-9(2)16-12(7-19-10(3)20-16)17(24)21-11-4-5-14(13(18)6-11)25-8-15(22)23/h4-7,9H,8H2,1-3H3,(H,21,24)(H,22,23). The van der Waals surface area contributed by atoms with E-state index in [9.17, 15) is 9.59 Å². The van der Waals surface area contributed by atoms with Gasteiger partial charge in [0, 0.05) is 11.9 Å². The van der Waals surface area contributed by atoms with Gasteiger partial charge in [0.05, 0.1) is 16.3 Å². The van der Waals surface area contributed by atoms with Crippen molar-refractivity contribution in [3.8, 4) is 5.75 Å². The molecule has 0 aliphatic heterocycles. The zero-order chi connectivity index (χ0) is 18.6. The normalized spacial score (nSPS) is 10.6. The van der Waals surface area contributed by atoms with Crippen LogP contribution in [0.1, 0.15) is 41.6 Å². The van der Waals surface area contributed by atoms with Gasteiger partial charge in [0.15, 0.2) is 6.61 Å². The van der Waals surface area contributed by atoms with Gasteiger partial charge >= 0.3 is 5.97 Å². The molecule has 132 valence electrons. The van der Waals surface area contributed by atoms with E-state index in [1.807, 2.05) is 13.8 Å². The molecule has 0 fully saturated rings. The maximum absolute atomic E-state index is 12.5. The first-order valence-electron chi connectivity index (χ1n) is 7.57. The van der Waals surface area contributed by atoms with E-state index in [-0.39, 0.29) is 22.6 Å². The Balaban J connectivity index is 2.18. The first-order chi connectivity index (χ1) is 11.8. The number of aryl methyl sites for hydroxylation is 1. The average molecular weight is 364 g/mol. The Hall–Kier alpha value is -2.67. The highest BCUT2D eigenvalue weighted by Crippen LogP contribution is 2.28. The SMILES string of the molecule is Cc1ncc(C(=O)Nc2ccc(OCC(=O)O)c(Cl)c2)c(C(C)C)n1. The number of carboxylic acid groups (broad SMARTS) is 1. The molecular formula is C17H18ClN3O4. The summed E-state index contributed by atoms with van der Waals surface area (Å²) in [7, 11) is 0. The zero-order valence-electron chi connectivity index (χ0n) is 14.0. The molecule has 1 heterocycles. The van der Waals surface area contributed by atoms with Crippen LogP contribution in [0.15, 0.2) is 24.4 Å². The number of nitrogens with one attached hydrogen (secondary N) is 1. The number of carboxylic acids is 1. The summed E-state index contributed by atoms with van der Waals surface area (Å²) in [5, 5.41) is 11.5. The fourth-order valence-electron chi connectivity index (χ4n) is 2.14. The summed E-state index contributed by atoms with van der Waals surface area (Å²) >= 11 is 6.05. The number of halogens is 1. The van der Waals surface area contributed by atoms with Crippen molar-refractivity contribution >= 4 is 29.2 Å². The Morgan fingerprint density at radius 2 is 2.08 bits per heavy atom. The van der Waals surface area contributed by atoms with Gasteiger partial charge in [-0.3, -0.25) is 4.79 Å². The third kappa shape index (κ3) is 4.90. The van der Waals surface area contributed by atoms with Gasteiger partial charge in [0.25, 0.3) is 5.91 Å². The lowest BCUT2D eigenvalue weighted by Crippen LogP contribution is -2.17. The van der Waals surface area contributed by atoms with Crippen LogP contribution in [0.2, 0.25) is 5.02 Å². The first-order valence-corrected chi connectivity index (χ1v) is 7.94. The molecule has 2 N–H and O–H groups in total. The second-order valence-corrected chi connectivity index (χ2v) is 6.06. The predicted molar refractivity (Wildman–Crippen MR) is 93.4 cm³/mol. The lowest BCUT2D eigenvalue weighted by molar-refractivity contribution is -0.139. The fourth-order valence-corrected chi connectivity index (χ4v) is 2.37. The minimum absolute atomic E-state index is 0.0674. The molecule has 1 aromatic heterocycles. The number of aromatic nitrogens is 2. The average Bonchev–Trinajstić information content (AvgIpc) is 2.53. The van der Waals surface area contributed by atoms with Crippen molar-refractivity contribution < 1.29 is 19.4 Å². The molecule has 0 aliphatic carbocycles. The number of anilines is 1. The van der Waals surface area contributed by atoms with Crippen LogP contribution in [-0.4, -0.2) is 33.6 Å². The molecule has 1 amide bonds. The van der Waals surface area contributed by atoms with E-state index < -0.39 is 12.6 Å². The Morgan fingerprint density at radius 1 is 1.36 bits per heavy atom. The molecule has 0 aliphatic rings. The molecule has 0 radical (unpaired) electrons. The summed E-state index contributed by atoms with van der Waals surface area (Å²) in [6.07, 6.45) is 1.50. The van der Waals surface area contributed by atoms with Gasteiger partial charge in [0.1, 0.15) is 11.6 Å². The molecule has 1 aromatic carbocycles.